The van der Waals surface area contributed by atoms with Crippen LogP contribution in [0.15, 0.2) is 28.8 Å². The fraction of sp³-hybridized carbons (Fsp3) is 0.385. The van der Waals surface area contributed by atoms with E-state index in [2.05, 4.69) is 15.8 Å². The molecule has 0 bridgehead atoms. The summed E-state index contributed by atoms with van der Waals surface area (Å²) in [4.78, 5) is 11.8. The number of hydrogen-bond acceptors (Lipinski definition) is 4. The van der Waals surface area contributed by atoms with E-state index in [1.165, 1.54) is 0 Å². The predicted molar refractivity (Wildman–Crippen MR) is 74.3 cm³/mol. The zero-order valence-electron chi connectivity index (χ0n) is 10.4. The molecule has 19 heavy (non-hydrogen) atoms. The molecule has 1 aromatic heterocycles. The average molecular weight is 282 g/mol. The van der Waals surface area contributed by atoms with Gasteiger partial charge in [-0.25, -0.2) is 0 Å². The van der Waals surface area contributed by atoms with Gasteiger partial charge in [-0.2, -0.15) is 0 Å². The lowest BCUT2D eigenvalue weighted by molar-refractivity contribution is -0.120. The van der Waals surface area contributed by atoms with Crippen LogP contribution in [-0.2, 0) is 11.2 Å². The molecule has 3 rings (SSSR count). The molecule has 2 aromatic rings. The minimum Gasteiger partial charge on any atom is -0.356 e. The number of para-hydroxylation sites is 1. The molecule has 5 nitrogen and oxygen atoms in total. The number of halogens is 1. The minimum absolute atomic E-state index is 0. The molecule has 1 amide bonds. The van der Waals surface area contributed by atoms with Crippen LogP contribution in [0.1, 0.15) is 5.69 Å². The highest BCUT2D eigenvalue weighted by Crippen LogP contribution is 2.17. The highest BCUT2D eigenvalue weighted by molar-refractivity contribution is 5.86. The molecule has 102 valence electrons. The maximum absolute atomic E-state index is 11.8. The third-order valence-electron chi connectivity index (χ3n) is 3.23. The summed E-state index contributed by atoms with van der Waals surface area (Å²) in [6.07, 6.45) is 0.275. The second kappa shape index (κ2) is 6.04. The summed E-state index contributed by atoms with van der Waals surface area (Å²) >= 11 is 0. The Labute approximate surface area is 117 Å². The molecule has 6 heteroatoms. The number of carbonyl (C=O) groups is 1. The molecule has 0 atom stereocenters. The van der Waals surface area contributed by atoms with Gasteiger partial charge in [-0.3, -0.25) is 4.79 Å². The SMILES string of the molecule is Cl.O=C(Cc1noc2ccccc12)NCC1CNC1. The third kappa shape index (κ3) is 3.05. The molecule has 1 aliphatic heterocycles. The molecule has 1 fully saturated rings. The van der Waals surface area contributed by atoms with Gasteiger partial charge < -0.3 is 15.2 Å². The van der Waals surface area contributed by atoms with E-state index in [0.29, 0.717) is 11.6 Å². The van der Waals surface area contributed by atoms with E-state index in [1.807, 2.05) is 24.3 Å². The van der Waals surface area contributed by atoms with Crippen LogP contribution in [0.5, 0.6) is 0 Å². The van der Waals surface area contributed by atoms with Crippen molar-refractivity contribution in [2.24, 2.45) is 5.92 Å². The van der Waals surface area contributed by atoms with Crippen LogP contribution < -0.4 is 10.6 Å². The summed E-state index contributed by atoms with van der Waals surface area (Å²) in [5.74, 6) is 0.573. The van der Waals surface area contributed by atoms with Gasteiger partial charge in [0, 0.05) is 30.9 Å². The molecule has 1 aliphatic rings. The number of nitrogens with one attached hydrogen (secondary N) is 2. The standard InChI is InChI=1S/C13H15N3O2.ClH/c17-13(15-8-9-6-14-7-9)5-11-10-3-1-2-4-12(10)18-16-11;/h1-4,9,14H,5-8H2,(H,15,17);1H. The van der Waals surface area contributed by atoms with Crippen molar-refractivity contribution in [3.63, 3.8) is 0 Å². The number of hydrogen-bond donors (Lipinski definition) is 2. The van der Waals surface area contributed by atoms with Crippen molar-refractivity contribution in [2.75, 3.05) is 19.6 Å². The lowest BCUT2D eigenvalue weighted by Gasteiger charge is -2.26. The quantitative estimate of drug-likeness (QED) is 0.882. The van der Waals surface area contributed by atoms with Crippen molar-refractivity contribution in [1.82, 2.24) is 15.8 Å². The van der Waals surface area contributed by atoms with Crippen LogP contribution in [0.4, 0.5) is 0 Å². The number of aromatic nitrogens is 1. The van der Waals surface area contributed by atoms with Crippen LogP contribution in [0, 0.1) is 5.92 Å². The van der Waals surface area contributed by atoms with Gasteiger partial charge in [0.05, 0.1) is 6.42 Å². The maximum Gasteiger partial charge on any atom is 0.226 e. The molecule has 0 saturated carbocycles. The Balaban J connectivity index is 0.00000133. The fourth-order valence-corrected chi connectivity index (χ4v) is 2.03. The first-order valence-corrected chi connectivity index (χ1v) is 6.13. The Hall–Kier alpha value is -1.59. The van der Waals surface area contributed by atoms with Crippen molar-refractivity contribution in [2.45, 2.75) is 6.42 Å². The monoisotopic (exact) mass is 281 g/mol. The van der Waals surface area contributed by atoms with Gasteiger partial charge in [-0.15, -0.1) is 12.4 Å². The van der Waals surface area contributed by atoms with Gasteiger partial charge in [0.1, 0.15) is 5.69 Å². The molecule has 0 unspecified atom stereocenters. The zero-order chi connectivity index (χ0) is 12.4. The summed E-state index contributed by atoms with van der Waals surface area (Å²) in [5, 5.41) is 11.0. The number of benzene rings is 1. The van der Waals surface area contributed by atoms with Crippen molar-refractivity contribution >= 4 is 29.3 Å². The highest BCUT2D eigenvalue weighted by Gasteiger charge is 2.18. The molecule has 1 saturated heterocycles. The van der Waals surface area contributed by atoms with Crippen LogP contribution in [0.25, 0.3) is 11.0 Å². The minimum atomic E-state index is 0. The van der Waals surface area contributed by atoms with Gasteiger partial charge in [0.2, 0.25) is 5.91 Å². The fourth-order valence-electron chi connectivity index (χ4n) is 2.03. The topological polar surface area (TPSA) is 67.2 Å². The second-order valence-corrected chi connectivity index (χ2v) is 4.63. The predicted octanol–water partition coefficient (Wildman–Crippen LogP) is 1.13. The van der Waals surface area contributed by atoms with E-state index in [1.54, 1.807) is 0 Å². The van der Waals surface area contributed by atoms with E-state index in [0.717, 1.165) is 30.6 Å². The molecule has 0 aliphatic carbocycles. The van der Waals surface area contributed by atoms with Gasteiger partial charge in [0.25, 0.3) is 0 Å². The first kappa shape index (κ1) is 13.8. The molecule has 0 radical (unpaired) electrons. The van der Waals surface area contributed by atoms with Crippen LogP contribution >= 0.6 is 12.4 Å². The molecule has 2 N–H and O–H groups in total. The van der Waals surface area contributed by atoms with Gasteiger partial charge in [0.15, 0.2) is 5.58 Å². The Morgan fingerprint density at radius 3 is 2.95 bits per heavy atom. The Bertz CT molecular complexity index is 566. The summed E-state index contributed by atoms with van der Waals surface area (Å²) < 4.78 is 5.17. The summed E-state index contributed by atoms with van der Waals surface area (Å²) in [6.45, 7) is 2.72. The number of carbonyl (C=O) groups excluding carboxylic acids is 1. The molecule has 0 spiro atoms. The number of fused-ring (bicyclic) bond motifs is 1. The Kier molecular flexibility index (Phi) is 4.39. The molecular formula is C13H16ClN3O2. The number of nitrogens with zero attached hydrogens (tertiary/aromatic N) is 1. The first-order valence-electron chi connectivity index (χ1n) is 6.13. The number of amides is 1. The first-order chi connectivity index (χ1) is 8.83. The summed E-state index contributed by atoms with van der Waals surface area (Å²) in [7, 11) is 0. The van der Waals surface area contributed by atoms with Crippen molar-refractivity contribution in [3.05, 3.63) is 30.0 Å². The molecule has 2 heterocycles. The van der Waals surface area contributed by atoms with E-state index >= 15 is 0 Å². The molecular weight excluding hydrogens is 266 g/mol. The molecule has 1 aromatic carbocycles. The smallest absolute Gasteiger partial charge is 0.226 e. The zero-order valence-corrected chi connectivity index (χ0v) is 11.2. The largest absolute Gasteiger partial charge is 0.356 e. The van der Waals surface area contributed by atoms with E-state index in [9.17, 15) is 4.79 Å². The second-order valence-electron chi connectivity index (χ2n) is 4.63. The van der Waals surface area contributed by atoms with Gasteiger partial charge in [-0.05, 0) is 12.1 Å². The Morgan fingerprint density at radius 1 is 1.42 bits per heavy atom. The normalized spacial score (nSPS) is 14.7. The van der Waals surface area contributed by atoms with Crippen molar-refractivity contribution in [1.29, 1.82) is 0 Å². The van der Waals surface area contributed by atoms with Gasteiger partial charge in [-0.1, -0.05) is 17.3 Å². The summed E-state index contributed by atoms with van der Waals surface area (Å²) in [5.41, 5.74) is 1.43. The lowest BCUT2D eigenvalue weighted by Crippen LogP contribution is -2.48. The van der Waals surface area contributed by atoms with Crippen LogP contribution in [0.2, 0.25) is 0 Å². The number of rotatable bonds is 4. The third-order valence-corrected chi connectivity index (χ3v) is 3.23. The van der Waals surface area contributed by atoms with Crippen molar-refractivity contribution < 1.29 is 9.32 Å². The van der Waals surface area contributed by atoms with Gasteiger partial charge >= 0.3 is 0 Å². The van der Waals surface area contributed by atoms with E-state index in [-0.39, 0.29) is 24.7 Å². The average Bonchev–Trinajstić information content (AvgIpc) is 2.71. The van der Waals surface area contributed by atoms with E-state index in [4.69, 9.17) is 4.52 Å². The maximum atomic E-state index is 11.8. The van der Waals surface area contributed by atoms with E-state index < -0.39 is 0 Å². The van der Waals surface area contributed by atoms with Crippen LogP contribution in [-0.4, -0.2) is 30.7 Å². The van der Waals surface area contributed by atoms with Crippen LogP contribution in [0.3, 0.4) is 0 Å². The summed E-state index contributed by atoms with van der Waals surface area (Å²) in [6, 6.07) is 7.58. The Morgan fingerprint density at radius 2 is 2.21 bits per heavy atom. The highest BCUT2D eigenvalue weighted by atomic mass is 35.5. The lowest BCUT2D eigenvalue weighted by atomic mass is 10.0. The van der Waals surface area contributed by atoms with Crippen molar-refractivity contribution in [3.8, 4) is 0 Å².